The molecule has 0 radical (unpaired) electrons. The Kier molecular flexibility index (Phi) is 7.46. The van der Waals surface area contributed by atoms with Crippen LogP contribution in [0.5, 0.6) is 0 Å². The van der Waals surface area contributed by atoms with Gasteiger partial charge in [-0.1, -0.05) is 152 Å². The Morgan fingerprint density at radius 3 is 1.73 bits per heavy atom. The molecular formula is C52H32N4. The van der Waals surface area contributed by atoms with Crippen molar-refractivity contribution in [2.45, 2.75) is 0 Å². The Balaban J connectivity index is 1.11. The fraction of sp³-hybridized carbons (Fsp3) is 0. The molecule has 0 aliphatic rings. The summed E-state index contributed by atoms with van der Waals surface area (Å²) in [6, 6.07) is 60.5. The first-order valence-electron chi connectivity index (χ1n) is 18.9. The molecule has 11 aromatic rings. The average molecular weight is 713 g/mol. The van der Waals surface area contributed by atoms with Crippen LogP contribution in [-0.4, -0.2) is 19.9 Å². The summed E-state index contributed by atoms with van der Waals surface area (Å²) < 4.78 is 0. The van der Waals surface area contributed by atoms with Crippen LogP contribution in [0.1, 0.15) is 0 Å². The highest BCUT2D eigenvalue weighted by Gasteiger charge is 2.18. The van der Waals surface area contributed by atoms with Gasteiger partial charge < -0.3 is 0 Å². The van der Waals surface area contributed by atoms with Crippen LogP contribution in [0.3, 0.4) is 0 Å². The topological polar surface area (TPSA) is 51.6 Å². The summed E-state index contributed by atoms with van der Waals surface area (Å²) in [5.74, 6) is 0.630. The molecule has 0 aliphatic heterocycles. The maximum absolute atomic E-state index is 5.29. The molecule has 3 heterocycles. The molecule has 0 spiro atoms. The number of fused-ring (bicyclic) bond motifs is 1. The highest BCUT2D eigenvalue weighted by atomic mass is 14.9. The standard InChI is InChI=1S/C52H32N4/c1-2-10-33(11-3-1)42-23-19-34-22-26-46-43(24-20-35-21-25-45(42)50(34)51(35)46)36-13-8-14-37(28-36)48-29-49(44-18-7-6-16-40(44)39-15-9-27-53-30-39)56-52(55-48)47-32-54-31-38-12-4-5-17-41(38)47/h1-32H. The molecule has 0 saturated heterocycles. The van der Waals surface area contributed by atoms with Crippen LogP contribution in [0.4, 0.5) is 0 Å². The molecule has 11 rings (SSSR count). The summed E-state index contributed by atoms with van der Waals surface area (Å²) in [6.45, 7) is 0. The Morgan fingerprint density at radius 2 is 0.946 bits per heavy atom. The second-order valence-electron chi connectivity index (χ2n) is 14.3. The van der Waals surface area contributed by atoms with Gasteiger partial charge in [-0.2, -0.15) is 0 Å². The van der Waals surface area contributed by atoms with E-state index in [-0.39, 0.29) is 0 Å². The van der Waals surface area contributed by atoms with E-state index in [2.05, 4.69) is 168 Å². The van der Waals surface area contributed by atoms with Crippen molar-refractivity contribution in [3.63, 3.8) is 0 Å². The van der Waals surface area contributed by atoms with E-state index >= 15 is 0 Å². The second-order valence-corrected chi connectivity index (χ2v) is 14.3. The quantitative estimate of drug-likeness (QED) is 0.161. The second kappa shape index (κ2) is 13.1. The third-order valence-electron chi connectivity index (χ3n) is 11.0. The largest absolute Gasteiger partial charge is 0.264 e. The zero-order valence-electron chi connectivity index (χ0n) is 30.3. The van der Waals surface area contributed by atoms with Gasteiger partial charge in [0.15, 0.2) is 5.82 Å². The van der Waals surface area contributed by atoms with Gasteiger partial charge >= 0.3 is 0 Å². The molecule has 0 amide bonds. The lowest BCUT2D eigenvalue weighted by Crippen LogP contribution is -1.98. The van der Waals surface area contributed by atoms with E-state index in [0.29, 0.717) is 5.82 Å². The highest BCUT2D eigenvalue weighted by molar-refractivity contribution is 6.27. The van der Waals surface area contributed by atoms with Crippen LogP contribution in [0, 0.1) is 0 Å². The van der Waals surface area contributed by atoms with E-state index in [4.69, 9.17) is 9.97 Å². The summed E-state index contributed by atoms with van der Waals surface area (Å²) in [7, 11) is 0. The summed E-state index contributed by atoms with van der Waals surface area (Å²) in [5.41, 5.74) is 11.5. The minimum atomic E-state index is 0.630. The molecule has 0 aliphatic carbocycles. The lowest BCUT2D eigenvalue weighted by atomic mass is 9.87. The normalized spacial score (nSPS) is 11.6. The monoisotopic (exact) mass is 712 g/mol. The first-order chi connectivity index (χ1) is 27.8. The molecule has 4 heteroatoms. The molecule has 3 aromatic heterocycles. The summed E-state index contributed by atoms with van der Waals surface area (Å²) in [6.07, 6.45) is 7.47. The summed E-state index contributed by atoms with van der Waals surface area (Å²) in [5, 5.41) is 9.70. The number of hydrogen-bond acceptors (Lipinski definition) is 4. The molecule has 260 valence electrons. The average Bonchev–Trinajstić information content (AvgIpc) is 3.28. The predicted molar refractivity (Wildman–Crippen MR) is 231 cm³/mol. The molecule has 0 bridgehead atoms. The van der Waals surface area contributed by atoms with Crippen molar-refractivity contribution in [1.29, 1.82) is 0 Å². The zero-order valence-corrected chi connectivity index (χ0v) is 30.3. The Hall–Kier alpha value is -7.56. The molecule has 0 atom stereocenters. The number of rotatable bonds is 6. The lowest BCUT2D eigenvalue weighted by Gasteiger charge is -2.17. The fourth-order valence-electron chi connectivity index (χ4n) is 8.40. The molecule has 0 saturated carbocycles. The zero-order chi connectivity index (χ0) is 37.0. The van der Waals surface area contributed by atoms with Crippen molar-refractivity contribution in [1.82, 2.24) is 19.9 Å². The Labute approximate surface area is 323 Å². The van der Waals surface area contributed by atoms with Crippen LogP contribution in [0.25, 0.3) is 110 Å². The summed E-state index contributed by atoms with van der Waals surface area (Å²) in [4.78, 5) is 19.6. The van der Waals surface area contributed by atoms with Crippen LogP contribution in [0.2, 0.25) is 0 Å². The van der Waals surface area contributed by atoms with Gasteiger partial charge in [-0.15, -0.1) is 0 Å². The highest BCUT2D eigenvalue weighted by Crippen LogP contribution is 2.43. The minimum absolute atomic E-state index is 0.630. The molecule has 0 N–H and O–H groups in total. The molecule has 0 fully saturated rings. The minimum Gasteiger partial charge on any atom is -0.264 e. The van der Waals surface area contributed by atoms with Crippen molar-refractivity contribution in [3.05, 3.63) is 195 Å². The third-order valence-corrected chi connectivity index (χ3v) is 11.0. The number of pyridine rings is 2. The Morgan fingerprint density at radius 1 is 0.304 bits per heavy atom. The van der Waals surface area contributed by atoms with Gasteiger partial charge in [-0.25, -0.2) is 9.97 Å². The fourth-order valence-corrected chi connectivity index (χ4v) is 8.40. The lowest BCUT2D eigenvalue weighted by molar-refractivity contribution is 1.18. The summed E-state index contributed by atoms with van der Waals surface area (Å²) >= 11 is 0. The van der Waals surface area contributed by atoms with Gasteiger partial charge in [0.25, 0.3) is 0 Å². The van der Waals surface area contributed by atoms with Crippen molar-refractivity contribution >= 4 is 43.1 Å². The smallest absolute Gasteiger partial charge is 0.162 e. The van der Waals surface area contributed by atoms with Crippen molar-refractivity contribution in [2.75, 3.05) is 0 Å². The SMILES string of the molecule is c1ccc(-c2ccc3ccc4c(-c5cccc(-c6cc(-c7ccccc7-c7cccnc7)nc(-c7cncc8ccccc78)n6)c5)ccc5ccc2c3c54)cc1. The number of hydrogen-bond donors (Lipinski definition) is 0. The van der Waals surface area contributed by atoms with E-state index in [1.54, 1.807) is 6.20 Å². The molecule has 8 aromatic carbocycles. The maximum Gasteiger partial charge on any atom is 0.162 e. The van der Waals surface area contributed by atoms with E-state index in [1.165, 1.54) is 49.0 Å². The van der Waals surface area contributed by atoms with E-state index in [9.17, 15) is 0 Å². The van der Waals surface area contributed by atoms with Gasteiger partial charge in [0.05, 0.1) is 11.4 Å². The van der Waals surface area contributed by atoms with Gasteiger partial charge in [0, 0.05) is 52.4 Å². The predicted octanol–water partition coefficient (Wildman–Crippen LogP) is 13.3. The van der Waals surface area contributed by atoms with E-state index in [0.717, 1.165) is 55.5 Å². The molecular weight excluding hydrogens is 681 g/mol. The maximum atomic E-state index is 5.29. The van der Waals surface area contributed by atoms with Crippen molar-refractivity contribution in [3.8, 4) is 67.3 Å². The van der Waals surface area contributed by atoms with Crippen LogP contribution < -0.4 is 0 Å². The number of nitrogens with zero attached hydrogens (tertiary/aromatic N) is 4. The van der Waals surface area contributed by atoms with Crippen LogP contribution in [0.15, 0.2) is 195 Å². The first kappa shape index (κ1) is 31.9. The van der Waals surface area contributed by atoms with Crippen molar-refractivity contribution < 1.29 is 0 Å². The van der Waals surface area contributed by atoms with Gasteiger partial charge in [0.2, 0.25) is 0 Å². The molecule has 4 nitrogen and oxygen atoms in total. The first-order valence-corrected chi connectivity index (χ1v) is 18.9. The van der Waals surface area contributed by atoms with E-state index < -0.39 is 0 Å². The van der Waals surface area contributed by atoms with Gasteiger partial charge in [0.1, 0.15) is 0 Å². The Bertz CT molecular complexity index is 3240. The van der Waals surface area contributed by atoms with Crippen molar-refractivity contribution in [2.24, 2.45) is 0 Å². The molecule has 56 heavy (non-hydrogen) atoms. The van der Waals surface area contributed by atoms with Crippen LogP contribution >= 0.6 is 0 Å². The number of aromatic nitrogens is 4. The number of benzene rings is 8. The van der Waals surface area contributed by atoms with Crippen LogP contribution in [-0.2, 0) is 0 Å². The third kappa shape index (κ3) is 5.31. The molecule has 0 unspecified atom stereocenters. The van der Waals surface area contributed by atoms with E-state index in [1.807, 2.05) is 30.7 Å². The van der Waals surface area contributed by atoms with Gasteiger partial charge in [-0.05, 0) is 83.7 Å². The van der Waals surface area contributed by atoms with Gasteiger partial charge in [-0.3, -0.25) is 9.97 Å².